The molecule has 0 aliphatic heterocycles. The Labute approximate surface area is 118 Å². The van der Waals surface area contributed by atoms with Gasteiger partial charge in [0.25, 0.3) is 0 Å². The Bertz CT molecular complexity index is 78.3. The summed E-state index contributed by atoms with van der Waals surface area (Å²) < 4.78 is 0. The van der Waals surface area contributed by atoms with E-state index in [-0.39, 0.29) is 29.1 Å². The van der Waals surface area contributed by atoms with Gasteiger partial charge >= 0.3 is 21.7 Å². The topological polar surface area (TPSA) is 40.5 Å². The second-order valence-electron chi connectivity index (χ2n) is 2.70. The molecule has 16 heavy (non-hydrogen) atoms. The molecule has 3 heteroatoms. The molecule has 0 rings (SSSR count). The second kappa shape index (κ2) is 45.3. The molecule has 0 aromatic rings. The Morgan fingerprint density at radius 1 is 0.938 bits per heavy atom. The summed E-state index contributed by atoms with van der Waals surface area (Å²) in [7, 11) is 2.00. The van der Waals surface area contributed by atoms with Crippen LogP contribution in [-0.4, -0.2) is 24.4 Å². The Balaban J connectivity index is -0.0000000602. The van der Waals surface area contributed by atoms with Crippen molar-refractivity contribution in [1.29, 1.82) is 0 Å². The summed E-state index contributed by atoms with van der Waals surface area (Å²) in [5, 5.41) is 14.0. The molecule has 0 aliphatic rings. The number of aliphatic hydroxyl groups is 2. The van der Waals surface area contributed by atoms with Crippen LogP contribution in [0.15, 0.2) is 12.7 Å². The number of hydrogen-bond acceptors (Lipinski definition) is 2. The van der Waals surface area contributed by atoms with Crippen molar-refractivity contribution in [1.82, 2.24) is 0 Å². The van der Waals surface area contributed by atoms with E-state index in [0.717, 1.165) is 20.6 Å². The van der Waals surface area contributed by atoms with Crippen LogP contribution in [0, 0.1) is 14.4 Å². The largest absolute Gasteiger partial charge is 2.00 e. The van der Waals surface area contributed by atoms with Crippen LogP contribution in [-0.2, 0) is 21.7 Å². The average Bonchev–Trinajstić information content (AvgIpc) is 2.29. The van der Waals surface area contributed by atoms with Crippen molar-refractivity contribution in [2.24, 2.45) is 0 Å². The summed E-state index contributed by atoms with van der Waals surface area (Å²) in [4.78, 5) is 0. The minimum absolute atomic E-state index is 0. The minimum Gasteiger partial charge on any atom is -0.400 e. The molecule has 0 saturated heterocycles. The predicted molar refractivity (Wildman–Crippen MR) is 70.6 cm³/mol. The summed E-state index contributed by atoms with van der Waals surface area (Å²) in [6.07, 6.45) is 11.0. The summed E-state index contributed by atoms with van der Waals surface area (Å²) in [5.41, 5.74) is 0. The molecule has 2 nitrogen and oxygen atoms in total. The average molecular weight is 266 g/mol. The third-order valence-corrected chi connectivity index (χ3v) is 1.66. The maximum absolute atomic E-state index is 7.00. The van der Waals surface area contributed by atoms with Gasteiger partial charge in [-0.25, -0.2) is 0 Å². The van der Waals surface area contributed by atoms with E-state index in [1.54, 1.807) is 0 Å². The summed E-state index contributed by atoms with van der Waals surface area (Å²) >= 11 is 0. The summed E-state index contributed by atoms with van der Waals surface area (Å²) in [6.45, 7) is 7.49. The van der Waals surface area contributed by atoms with E-state index in [1.165, 1.54) is 38.5 Å². The first kappa shape index (κ1) is 29.9. The quantitative estimate of drug-likeness (QED) is 0.321. The van der Waals surface area contributed by atoms with Gasteiger partial charge in [0.15, 0.2) is 0 Å². The van der Waals surface area contributed by atoms with Gasteiger partial charge in [-0.05, 0) is 12.8 Å². The molecule has 0 unspecified atom stereocenters. The molecule has 0 heterocycles. The van der Waals surface area contributed by atoms with Gasteiger partial charge in [0.1, 0.15) is 0 Å². The number of allylic oxidation sites excluding steroid dienone is 1. The molecular formula is C13H30O2Ti. The van der Waals surface area contributed by atoms with Crippen molar-refractivity contribution >= 4 is 0 Å². The van der Waals surface area contributed by atoms with Crippen LogP contribution in [0.3, 0.4) is 0 Å². The fraction of sp³-hybridized carbons (Fsp3) is 0.692. The Morgan fingerprint density at radius 2 is 1.31 bits per heavy atom. The SMILES string of the molecule is C=CCCCCCCC[CH2-].CO.CO.[CH3-].[Ti+2]. The van der Waals surface area contributed by atoms with E-state index in [9.17, 15) is 0 Å². The number of hydrogen-bond donors (Lipinski definition) is 2. The third-order valence-electron chi connectivity index (χ3n) is 1.66. The fourth-order valence-electron chi connectivity index (χ4n) is 0.996. The normalized spacial score (nSPS) is 6.81. The van der Waals surface area contributed by atoms with Crippen molar-refractivity contribution in [2.75, 3.05) is 14.2 Å². The monoisotopic (exact) mass is 266 g/mol. The van der Waals surface area contributed by atoms with Gasteiger partial charge in [-0.15, -0.1) is 6.58 Å². The van der Waals surface area contributed by atoms with E-state index in [1.807, 2.05) is 6.08 Å². The van der Waals surface area contributed by atoms with E-state index in [2.05, 4.69) is 13.5 Å². The first-order valence-electron chi connectivity index (χ1n) is 5.21. The molecular weight excluding hydrogens is 236 g/mol. The third kappa shape index (κ3) is 47.3. The molecule has 0 amide bonds. The Morgan fingerprint density at radius 3 is 1.69 bits per heavy atom. The fourth-order valence-corrected chi connectivity index (χ4v) is 0.996. The number of aliphatic hydroxyl groups excluding tert-OH is 2. The predicted octanol–water partition coefficient (Wildman–Crippen LogP) is 3.40. The molecule has 0 aliphatic carbocycles. The standard InChI is InChI=1S/C10H19.2CH4O.CH3.Ti/c1-3-5-7-9-10-8-6-4-2;2*1-2;;/h3H,1-2,4-10H2;2*2H,1H3;1H3;/q-1;;;-1;+2. The zero-order valence-corrected chi connectivity index (χ0v) is 12.9. The minimum atomic E-state index is 0. The zero-order chi connectivity index (χ0) is 11.7. The molecule has 0 aromatic carbocycles. The van der Waals surface area contributed by atoms with Gasteiger partial charge in [-0.3, -0.25) is 0 Å². The number of unbranched alkanes of at least 4 members (excludes halogenated alkanes) is 6. The summed E-state index contributed by atoms with van der Waals surface area (Å²) in [5.74, 6) is 0. The van der Waals surface area contributed by atoms with Crippen LogP contribution in [0.1, 0.15) is 44.9 Å². The van der Waals surface area contributed by atoms with Crippen LogP contribution < -0.4 is 0 Å². The molecule has 0 saturated carbocycles. The van der Waals surface area contributed by atoms with Crippen LogP contribution in [0.2, 0.25) is 0 Å². The maximum atomic E-state index is 7.00. The number of rotatable bonds is 7. The molecule has 0 fully saturated rings. The van der Waals surface area contributed by atoms with Crippen molar-refractivity contribution in [3.8, 4) is 0 Å². The van der Waals surface area contributed by atoms with E-state index in [4.69, 9.17) is 10.2 Å². The molecule has 2 N–H and O–H groups in total. The molecule has 0 radical (unpaired) electrons. The van der Waals surface area contributed by atoms with Crippen molar-refractivity contribution in [2.45, 2.75) is 44.9 Å². The Hall–Kier alpha value is 0.374. The van der Waals surface area contributed by atoms with Crippen molar-refractivity contribution < 1.29 is 31.9 Å². The molecule has 0 spiro atoms. The van der Waals surface area contributed by atoms with E-state index >= 15 is 0 Å². The van der Waals surface area contributed by atoms with Crippen LogP contribution in [0.25, 0.3) is 0 Å². The van der Waals surface area contributed by atoms with E-state index in [0.29, 0.717) is 0 Å². The van der Waals surface area contributed by atoms with Crippen molar-refractivity contribution in [3.05, 3.63) is 27.0 Å². The molecule has 0 atom stereocenters. The molecule has 0 aromatic heterocycles. The van der Waals surface area contributed by atoms with Gasteiger partial charge in [0, 0.05) is 14.2 Å². The van der Waals surface area contributed by atoms with Crippen LogP contribution in [0.4, 0.5) is 0 Å². The first-order chi connectivity index (χ1) is 6.91. The zero-order valence-electron chi connectivity index (χ0n) is 11.3. The Kier molecular flexibility index (Phi) is 84.7. The maximum Gasteiger partial charge on any atom is 2.00 e. The van der Waals surface area contributed by atoms with Gasteiger partial charge in [0.05, 0.1) is 0 Å². The second-order valence-corrected chi connectivity index (χ2v) is 2.70. The van der Waals surface area contributed by atoms with Gasteiger partial charge in [-0.2, -0.15) is 6.42 Å². The van der Waals surface area contributed by atoms with Crippen LogP contribution in [0.5, 0.6) is 0 Å². The van der Waals surface area contributed by atoms with E-state index < -0.39 is 0 Å². The van der Waals surface area contributed by atoms with Gasteiger partial charge in [0.2, 0.25) is 0 Å². The first-order valence-corrected chi connectivity index (χ1v) is 5.21. The summed E-state index contributed by atoms with van der Waals surface area (Å²) in [6, 6.07) is 0. The van der Waals surface area contributed by atoms with Gasteiger partial charge < -0.3 is 24.6 Å². The molecule has 98 valence electrons. The van der Waals surface area contributed by atoms with Crippen LogP contribution >= 0.6 is 0 Å². The molecule has 0 bridgehead atoms. The smallest absolute Gasteiger partial charge is 0.400 e. The van der Waals surface area contributed by atoms with Gasteiger partial charge in [-0.1, -0.05) is 31.8 Å². The van der Waals surface area contributed by atoms with Crippen molar-refractivity contribution in [3.63, 3.8) is 0 Å².